The average Bonchev–Trinajstić information content (AvgIpc) is 2.70. The second-order valence-corrected chi connectivity index (χ2v) is 8.51. The molecule has 2 aromatic carbocycles. The minimum Gasteiger partial charge on any atom is -0.353 e. The van der Waals surface area contributed by atoms with Crippen molar-refractivity contribution >= 4 is 63.9 Å². The van der Waals surface area contributed by atoms with Crippen molar-refractivity contribution in [1.29, 1.82) is 0 Å². The van der Waals surface area contributed by atoms with Gasteiger partial charge >= 0.3 is 0 Å². The number of rotatable bonds is 4. The zero-order valence-electron chi connectivity index (χ0n) is 15.9. The van der Waals surface area contributed by atoms with Crippen LogP contribution in [-0.2, 0) is 14.4 Å². The van der Waals surface area contributed by atoms with E-state index in [-0.39, 0.29) is 23.3 Å². The van der Waals surface area contributed by atoms with E-state index in [0.717, 1.165) is 0 Å². The lowest BCUT2D eigenvalue weighted by atomic mass is 9.81. The topological polar surface area (TPSA) is 111 Å². The highest BCUT2D eigenvalue weighted by Gasteiger charge is 2.48. The van der Waals surface area contributed by atoms with E-state index in [2.05, 4.69) is 26.6 Å². The van der Waals surface area contributed by atoms with Crippen molar-refractivity contribution in [3.05, 3.63) is 57.5 Å². The maximum Gasteiger partial charge on any atom is 0.229 e. The number of carbonyl (C=O) groups excluding carboxylic acids is 3. The second kappa shape index (κ2) is 8.92. The molecule has 2 aromatic rings. The fourth-order valence-electron chi connectivity index (χ4n) is 3.71. The molecule has 0 saturated carbocycles. The normalized spacial score (nSPS) is 25.1. The third-order valence-corrected chi connectivity index (χ3v) is 6.08. The van der Waals surface area contributed by atoms with E-state index in [1.165, 1.54) is 6.07 Å². The van der Waals surface area contributed by atoms with Gasteiger partial charge in [0.15, 0.2) is 6.29 Å². The fourth-order valence-corrected chi connectivity index (χ4v) is 4.20. The first-order chi connectivity index (χ1) is 14.8. The van der Waals surface area contributed by atoms with E-state index in [0.29, 0.717) is 21.4 Å². The number of benzene rings is 2. The maximum absolute atomic E-state index is 12.9. The summed E-state index contributed by atoms with van der Waals surface area (Å²) in [7, 11) is 0. The summed E-state index contributed by atoms with van der Waals surface area (Å²) in [6, 6.07) is 11.6. The van der Waals surface area contributed by atoms with Crippen LogP contribution in [0.25, 0.3) is 0 Å². The molecule has 4 atom stereocenters. The molecular weight excluding hydrogens is 465 g/mol. The molecule has 2 saturated heterocycles. The predicted octanol–water partition coefficient (Wildman–Crippen LogP) is 2.78. The van der Waals surface area contributed by atoms with E-state index in [4.69, 9.17) is 34.8 Å². The van der Waals surface area contributed by atoms with Gasteiger partial charge in [0.25, 0.3) is 0 Å². The lowest BCUT2D eigenvalue weighted by molar-refractivity contribution is -0.144. The van der Waals surface area contributed by atoms with E-state index in [1.54, 1.807) is 36.4 Å². The van der Waals surface area contributed by atoms with Gasteiger partial charge in [-0.25, -0.2) is 0 Å². The smallest absolute Gasteiger partial charge is 0.229 e. The van der Waals surface area contributed by atoms with Crippen LogP contribution in [0.4, 0.5) is 11.4 Å². The van der Waals surface area contributed by atoms with Gasteiger partial charge in [-0.2, -0.15) is 0 Å². The molecule has 2 fully saturated rings. The molecular formula is C20H18Cl3N5O3. The summed E-state index contributed by atoms with van der Waals surface area (Å²) in [5.74, 6) is -2.82. The Kier molecular flexibility index (Phi) is 6.24. The lowest BCUT2D eigenvalue weighted by Crippen LogP contribution is -2.72. The van der Waals surface area contributed by atoms with Gasteiger partial charge < -0.3 is 21.3 Å². The summed E-state index contributed by atoms with van der Waals surface area (Å²) in [5.41, 5.74) is 1.10. The van der Waals surface area contributed by atoms with E-state index >= 15 is 0 Å². The van der Waals surface area contributed by atoms with E-state index in [1.807, 2.05) is 0 Å². The Hall–Kier alpha value is -2.52. The Labute approximate surface area is 193 Å². The number of anilines is 2. The summed E-state index contributed by atoms with van der Waals surface area (Å²) in [4.78, 5) is 38.1. The Morgan fingerprint density at radius 1 is 0.968 bits per heavy atom. The summed E-state index contributed by atoms with van der Waals surface area (Å²) >= 11 is 17.9. The van der Waals surface area contributed by atoms with Crippen LogP contribution in [0.3, 0.4) is 0 Å². The quantitative estimate of drug-likeness (QED) is 0.460. The molecule has 4 unspecified atom stereocenters. The Bertz CT molecular complexity index is 1050. The van der Waals surface area contributed by atoms with Crippen LogP contribution >= 0.6 is 34.8 Å². The zero-order chi connectivity index (χ0) is 22.1. The van der Waals surface area contributed by atoms with Crippen molar-refractivity contribution < 1.29 is 14.4 Å². The van der Waals surface area contributed by atoms with Crippen LogP contribution in [0.2, 0.25) is 15.1 Å². The van der Waals surface area contributed by atoms with Crippen molar-refractivity contribution in [2.75, 3.05) is 10.6 Å². The van der Waals surface area contributed by atoms with Gasteiger partial charge in [0.1, 0.15) is 0 Å². The van der Waals surface area contributed by atoms with Crippen molar-refractivity contribution in [3.8, 4) is 0 Å². The minimum absolute atomic E-state index is 0.115. The molecule has 3 amide bonds. The molecule has 4 rings (SSSR count). The molecule has 2 aliphatic heterocycles. The first-order valence-corrected chi connectivity index (χ1v) is 10.6. The highest BCUT2D eigenvalue weighted by atomic mass is 35.5. The van der Waals surface area contributed by atoms with E-state index < -0.39 is 30.2 Å². The minimum atomic E-state index is -0.868. The number of hydrogen-bond acceptors (Lipinski definition) is 5. The molecule has 8 nitrogen and oxygen atoms in total. The summed E-state index contributed by atoms with van der Waals surface area (Å²) in [6.07, 6.45) is -1.50. The zero-order valence-corrected chi connectivity index (χ0v) is 18.2. The SMILES string of the molecule is O=C1CC(C(=O)Nc2ccc(Cl)c(Cl)c2)C2C(=O)NC(Nc3cccc(Cl)c3)NC2N1. The highest BCUT2D eigenvalue weighted by Crippen LogP contribution is 2.30. The number of fused-ring (bicyclic) bond motifs is 1. The van der Waals surface area contributed by atoms with E-state index in [9.17, 15) is 14.4 Å². The summed E-state index contributed by atoms with van der Waals surface area (Å²) in [6.45, 7) is 0. The van der Waals surface area contributed by atoms with Crippen LogP contribution in [0.1, 0.15) is 6.42 Å². The first-order valence-electron chi connectivity index (χ1n) is 9.44. The number of amides is 3. The van der Waals surface area contributed by atoms with Crippen LogP contribution in [0, 0.1) is 11.8 Å². The molecule has 5 N–H and O–H groups in total. The predicted molar refractivity (Wildman–Crippen MR) is 119 cm³/mol. The molecule has 2 aliphatic rings. The van der Waals surface area contributed by atoms with Crippen molar-refractivity contribution in [3.63, 3.8) is 0 Å². The van der Waals surface area contributed by atoms with Gasteiger partial charge in [-0.05, 0) is 36.4 Å². The molecule has 0 aliphatic carbocycles. The van der Waals surface area contributed by atoms with Crippen molar-refractivity contribution in [2.45, 2.75) is 18.9 Å². The average molecular weight is 483 g/mol. The molecule has 2 heterocycles. The Balaban J connectivity index is 1.48. The highest BCUT2D eigenvalue weighted by molar-refractivity contribution is 6.42. The third kappa shape index (κ3) is 4.88. The lowest BCUT2D eigenvalue weighted by Gasteiger charge is -2.43. The largest absolute Gasteiger partial charge is 0.353 e. The third-order valence-electron chi connectivity index (χ3n) is 5.11. The van der Waals surface area contributed by atoms with Crippen LogP contribution in [0.5, 0.6) is 0 Å². The van der Waals surface area contributed by atoms with Gasteiger partial charge in [0, 0.05) is 22.8 Å². The first kappa shape index (κ1) is 21.7. The molecule has 31 heavy (non-hydrogen) atoms. The number of carbonyl (C=O) groups is 3. The Morgan fingerprint density at radius 2 is 1.77 bits per heavy atom. The standard InChI is InChI=1S/C20H18Cl3N5O3/c21-9-2-1-3-10(6-9)25-20-27-17-16(19(31)28-20)12(8-15(29)26-17)18(30)24-11-4-5-13(22)14(23)7-11/h1-7,12,16-17,20,25,27H,8H2,(H,24,30)(H,26,29)(H,28,31). The van der Waals surface area contributed by atoms with Gasteiger partial charge in [-0.3, -0.25) is 19.7 Å². The number of piperidine rings is 1. The fraction of sp³-hybridized carbons (Fsp3) is 0.250. The summed E-state index contributed by atoms with van der Waals surface area (Å²) < 4.78 is 0. The molecule has 162 valence electrons. The molecule has 11 heteroatoms. The molecule has 0 bridgehead atoms. The van der Waals surface area contributed by atoms with Crippen molar-refractivity contribution in [1.82, 2.24) is 16.0 Å². The maximum atomic E-state index is 12.9. The number of halogens is 3. The van der Waals surface area contributed by atoms with Gasteiger partial charge in [-0.15, -0.1) is 0 Å². The van der Waals surface area contributed by atoms with Gasteiger partial charge in [-0.1, -0.05) is 40.9 Å². The summed E-state index contributed by atoms with van der Waals surface area (Å²) in [5, 5.41) is 15.6. The van der Waals surface area contributed by atoms with Crippen LogP contribution in [-0.4, -0.2) is 30.2 Å². The Morgan fingerprint density at radius 3 is 2.52 bits per heavy atom. The molecule has 0 spiro atoms. The second-order valence-electron chi connectivity index (χ2n) is 7.26. The van der Waals surface area contributed by atoms with Gasteiger partial charge in [0.2, 0.25) is 17.7 Å². The van der Waals surface area contributed by atoms with Crippen molar-refractivity contribution in [2.24, 2.45) is 11.8 Å². The van der Waals surface area contributed by atoms with Gasteiger partial charge in [0.05, 0.1) is 28.0 Å². The van der Waals surface area contributed by atoms with Crippen LogP contribution < -0.4 is 26.6 Å². The molecule has 0 radical (unpaired) electrons. The number of hydrogen-bond donors (Lipinski definition) is 5. The molecule has 0 aromatic heterocycles. The number of nitrogens with one attached hydrogen (secondary N) is 5. The monoisotopic (exact) mass is 481 g/mol. The van der Waals surface area contributed by atoms with Crippen LogP contribution in [0.15, 0.2) is 42.5 Å².